The first-order valence-corrected chi connectivity index (χ1v) is 5.02. The lowest BCUT2D eigenvalue weighted by atomic mass is 10.3. The zero-order valence-electron chi connectivity index (χ0n) is 7.77. The molecule has 0 saturated heterocycles. The van der Waals surface area contributed by atoms with Crippen LogP contribution in [-0.4, -0.2) is 36.5 Å². The molecular weight excluding hydrogens is 199 g/mol. The van der Waals surface area contributed by atoms with E-state index in [0.717, 1.165) is 18.6 Å². The number of alkyl halides is 3. The number of thiol groups is 1. The lowest BCUT2D eigenvalue weighted by Crippen LogP contribution is -2.34. The van der Waals surface area contributed by atoms with Crippen molar-refractivity contribution in [3.8, 4) is 0 Å². The average Bonchev–Trinajstić information content (AvgIpc) is 2.01. The maximum atomic E-state index is 11.9. The smallest absolute Gasteiger partial charge is 0.295 e. The highest BCUT2D eigenvalue weighted by Crippen LogP contribution is 2.16. The van der Waals surface area contributed by atoms with Gasteiger partial charge in [-0.1, -0.05) is 6.92 Å². The van der Waals surface area contributed by atoms with E-state index in [2.05, 4.69) is 12.6 Å². The lowest BCUT2D eigenvalue weighted by molar-refractivity contribution is -0.145. The summed E-state index contributed by atoms with van der Waals surface area (Å²) in [5, 5.41) is 0. The van der Waals surface area contributed by atoms with Crippen LogP contribution in [-0.2, 0) is 0 Å². The van der Waals surface area contributed by atoms with Crippen LogP contribution in [0.15, 0.2) is 0 Å². The third kappa shape index (κ3) is 8.43. The molecule has 1 nitrogen and oxygen atoms in total. The van der Waals surface area contributed by atoms with E-state index < -0.39 is 12.7 Å². The standard InChI is InChI=1S/C8H16F3NS/c1-2-12(5-3-4-6-13)7-8(9,10)11/h13H,2-7H2,1H3. The molecule has 0 aliphatic heterocycles. The van der Waals surface area contributed by atoms with E-state index >= 15 is 0 Å². The first-order valence-electron chi connectivity index (χ1n) is 4.39. The normalized spacial score (nSPS) is 12.5. The molecule has 0 aromatic rings. The minimum Gasteiger partial charge on any atom is -0.295 e. The summed E-state index contributed by atoms with van der Waals surface area (Å²) in [6, 6.07) is 0. The van der Waals surface area contributed by atoms with Crippen molar-refractivity contribution in [3.63, 3.8) is 0 Å². The molecule has 0 rings (SSSR count). The molecule has 0 fully saturated rings. The minimum absolute atomic E-state index is 0.450. The maximum Gasteiger partial charge on any atom is 0.401 e. The summed E-state index contributed by atoms with van der Waals surface area (Å²) in [5.74, 6) is 0.740. The van der Waals surface area contributed by atoms with Gasteiger partial charge in [0.1, 0.15) is 0 Å². The zero-order valence-corrected chi connectivity index (χ0v) is 8.67. The van der Waals surface area contributed by atoms with Gasteiger partial charge in [-0.2, -0.15) is 25.8 Å². The molecular formula is C8H16F3NS. The zero-order chi connectivity index (χ0) is 10.3. The number of hydrogen-bond acceptors (Lipinski definition) is 2. The van der Waals surface area contributed by atoms with E-state index in [-0.39, 0.29) is 0 Å². The second kappa shape index (κ2) is 6.54. The molecule has 0 unspecified atom stereocenters. The Bertz CT molecular complexity index is 127. The van der Waals surface area contributed by atoms with Crippen LogP contribution in [0.4, 0.5) is 13.2 Å². The van der Waals surface area contributed by atoms with E-state index in [9.17, 15) is 13.2 Å². The van der Waals surface area contributed by atoms with E-state index in [1.165, 1.54) is 4.90 Å². The second-order valence-corrected chi connectivity index (χ2v) is 3.36. The van der Waals surface area contributed by atoms with E-state index in [4.69, 9.17) is 0 Å². The molecule has 0 heterocycles. The first-order chi connectivity index (χ1) is 5.99. The van der Waals surface area contributed by atoms with Crippen molar-refractivity contribution in [1.29, 1.82) is 0 Å². The molecule has 0 aliphatic carbocycles. The summed E-state index contributed by atoms with van der Waals surface area (Å²) < 4.78 is 35.8. The molecule has 0 aromatic heterocycles. The fraction of sp³-hybridized carbons (Fsp3) is 1.00. The van der Waals surface area contributed by atoms with Crippen molar-refractivity contribution in [1.82, 2.24) is 4.90 Å². The number of rotatable bonds is 6. The molecule has 0 amide bonds. The Balaban J connectivity index is 3.63. The van der Waals surface area contributed by atoms with Gasteiger partial charge < -0.3 is 0 Å². The van der Waals surface area contributed by atoms with E-state index in [1.54, 1.807) is 6.92 Å². The van der Waals surface area contributed by atoms with Crippen LogP contribution in [0, 0.1) is 0 Å². The summed E-state index contributed by atoms with van der Waals surface area (Å²) in [4.78, 5) is 1.41. The van der Waals surface area contributed by atoms with Crippen LogP contribution < -0.4 is 0 Å². The summed E-state index contributed by atoms with van der Waals surface area (Å²) in [5.41, 5.74) is 0. The Morgan fingerprint density at radius 3 is 2.23 bits per heavy atom. The topological polar surface area (TPSA) is 3.24 Å². The summed E-state index contributed by atoms with van der Waals surface area (Å²) in [6.45, 7) is 1.91. The Labute approximate surface area is 82.7 Å². The monoisotopic (exact) mass is 215 g/mol. The molecule has 5 heteroatoms. The summed E-state index contributed by atoms with van der Waals surface area (Å²) >= 11 is 4.00. The molecule has 0 saturated carbocycles. The van der Waals surface area contributed by atoms with Gasteiger partial charge in [0.15, 0.2) is 0 Å². The molecule has 0 spiro atoms. The Hall–Kier alpha value is 0.100. The van der Waals surface area contributed by atoms with Gasteiger partial charge in [-0.25, -0.2) is 0 Å². The van der Waals surface area contributed by atoms with Crippen molar-refractivity contribution >= 4 is 12.6 Å². The fourth-order valence-corrected chi connectivity index (χ4v) is 1.27. The quantitative estimate of drug-likeness (QED) is 0.526. The van der Waals surface area contributed by atoms with Gasteiger partial charge in [-0.3, -0.25) is 4.90 Å². The van der Waals surface area contributed by atoms with Crippen LogP contribution in [0.2, 0.25) is 0 Å². The van der Waals surface area contributed by atoms with Gasteiger partial charge in [-0.15, -0.1) is 0 Å². The molecule has 0 aliphatic rings. The highest BCUT2D eigenvalue weighted by atomic mass is 32.1. The van der Waals surface area contributed by atoms with E-state index in [0.29, 0.717) is 13.1 Å². The SMILES string of the molecule is CCN(CCCCS)CC(F)(F)F. The second-order valence-electron chi connectivity index (χ2n) is 2.91. The summed E-state index contributed by atoms with van der Waals surface area (Å²) in [6.07, 6.45) is -2.41. The predicted molar refractivity (Wildman–Crippen MR) is 51.3 cm³/mol. The number of halogens is 3. The number of nitrogens with zero attached hydrogens (tertiary/aromatic N) is 1. The Kier molecular flexibility index (Phi) is 6.59. The number of hydrogen-bond donors (Lipinski definition) is 1. The fourth-order valence-electron chi connectivity index (χ4n) is 1.05. The lowest BCUT2D eigenvalue weighted by Gasteiger charge is -2.21. The molecule has 0 aromatic carbocycles. The average molecular weight is 215 g/mol. The van der Waals surface area contributed by atoms with Gasteiger partial charge in [0.2, 0.25) is 0 Å². The van der Waals surface area contributed by atoms with Crippen molar-refractivity contribution in [2.24, 2.45) is 0 Å². The van der Waals surface area contributed by atoms with Gasteiger partial charge in [0, 0.05) is 0 Å². The molecule has 0 N–H and O–H groups in total. The van der Waals surface area contributed by atoms with Crippen LogP contribution in [0.3, 0.4) is 0 Å². The van der Waals surface area contributed by atoms with Crippen molar-refractivity contribution in [3.05, 3.63) is 0 Å². The van der Waals surface area contributed by atoms with Gasteiger partial charge in [0.25, 0.3) is 0 Å². The van der Waals surface area contributed by atoms with E-state index in [1.807, 2.05) is 0 Å². The number of unbranched alkanes of at least 4 members (excludes halogenated alkanes) is 1. The minimum atomic E-state index is -4.07. The van der Waals surface area contributed by atoms with Crippen molar-refractivity contribution in [2.75, 3.05) is 25.4 Å². The highest BCUT2D eigenvalue weighted by molar-refractivity contribution is 7.80. The van der Waals surface area contributed by atoms with Crippen molar-refractivity contribution in [2.45, 2.75) is 25.9 Å². The van der Waals surface area contributed by atoms with Crippen LogP contribution >= 0.6 is 12.6 Å². The predicted octanol–water partition coefficient (Wildman–Crippen LogP) is 2.58. The van der Waals surface area contributed by atoms with Crippen molar-refractivity contribution < 1.29 is 13.2 Å². The van der Waals surface area contributed by atoms with Crippen LogP contribution in [0.25, 0.3) is 0 Å². The first kappa shape index (κ1) is 13.1. The van der Waals surface area contributed by atoms with Gasteiger partial charge >= 0.3 is 6.18 Å². The molecule has 0 bridgehead atoms. The van der Waals surface area contributed by atoms with Gasteiger partial charge in [-0.05, 0) is 31.7 Å². The third-order valence-corrected chi connectivity index (χ3v) is 2.05. The molecule has 0 atom stereocenters. The summed E-state index contributed by atoms with van der Waals surface area (Å²) in [7, 11) is 0. The highest BCUT2D eigenvalue weighted by Gasteiger charge is 2.29. The largest absolute Gasteiger partial charge is 0.401 e. The molecule has 80 valence electrons. The molecule has 0 radical (unpaired) electrons. The Morgan fingerprint density at radius 1 is 1.23 bits per heavy atom. The third-order valence-electron chi connectivity index (χ3n) is 1.73. The van der Waals surface area contributed by atoms with Gasteiger partial charge in [0.05, 0.1) is 6.54 Å². The molecule has 13 heavy (non-hydrogen) atoms. The maximum absolute atomic E-state index is 11.9. The Morgan fingerprint density at radius 2 is 1.85 bits per heavy atom. The van der Waals surface area contributed by atoms with Crippen LogP contribution in [0.1, 0.15) is 19.8 Å². The van der Waals surface area contributed by atoms with Crippen LogP contribution in [0.5, 0.6) is 0 Å².